The summed E-state index contributed by atoms with van der Waals surface area (Å²) in [6.07, 6.45) is 4.30. The Morgan fingerprint density at radius 2 is 1.74 bits per heavy atom. The average Bonchev–Trinajstić information content (AvgIpc) is 3.09. The third-order valence-corrected chi connectivity index (χ3v) is 5.51. The first-order chi connectivity index (χ1) is 15.0. The second-order valence-electron chi connectivity index (χ2n) is 6.40. The molecule has 0 saturated carbocycles. The maximum atomic E-state index is 11.9. The number of methoxy groups -OCH3 is 2. The van der Waals surface area contributed by atoms with Gasteiger partial charge in [-0.05, 0) is 41.8 Å². The van der Waals surface area contributed by atoms with Crippen molar-refractivity contribution in [3.05, 3.63) is 65.1 Å². The molecule has 1 amide bonds. The molecule has 1 fully saturated rings. The molecular formula is C23H23NO5S2. The minimum Gasteiger partial charge on any atom is -0.493 e. The highest BCUT2D eigenvalue weighted by molar-refractivity contribution is 8.26. The van der Waals surface area contributed by atoms with Crippen LogP contribution in [0.4, 0.5) is 0 Å². The Bertz CT molecular complexity index is 994. The Kier molecular flexibility index (Phi) is 7.97. The zero-order valence-electron chi connectivity index (χ0n) is 17.3. The Morgan fingerprint density at radius 1 is 1.06 bits per heavy atom. The quantitative estimate of drug-likeness (QED) is 0.246. The number of thiocarbonyl (C=S) groups is 1. The molecule has 1 N–H and O–H groups in total. The molecule has 0 spiro atoms. The summed E-state index contributed by atoms with van der Waals surface area (Å²) in [6, 6.07) is 11.4. The number of benzene rings is 2. The molecule has 2 aromatic carbocycles. The van der Waals surface area contributed by atoms with Crippen LogP contribution in [0, 0.1) is 0 Å². The van der Waals surface area contributed by atoms with Gasteiger partial charge in [0.05, 0.1) is 19.1 Å². The average molecular weight is 458 g/mol. The number of hydrogen-bond acceptors (Lipinski definition) is 7. The summed E-state index contributed by atoms with van der Waals surface area (Å²) in [4.78, 5) is 12.4. The first kappa shape index (κ1) is 22.7. The minimum absolute atomic E-state index is 0.220. The van der Waals surface area contributed by atoms with Crippen LogP contribution in [0.5, 0.6) is 23.0 Å². The van der Waals surface area contributed by atoms with Crippen molar-refractivity contribution in [2.45, 2.75) is 6.42 Å². The molecular weight excluding hydrogens is 434 g/mol. The first-order valence-electron chi connectivity index (χ1n) is 9.51. The molecule has 6 nitrogen and oxygen atoms in total. The molecule has 0 atom stereocenters. The largest absolute Gasteiger partial charge is 0.493 e. The summed E-state index contributed by atoms with van der Waals surface area (Å²) in [7, 11) is 3.10. The number of hydrogen-bond donors (Lipinski definition) is 1. The number of thioether (sulfide) groups is 1. The second-order valence-corrected chi connectivity index (χ2v) is 8.12. The number of para-hydroxylation sites is 1. The van der Waals surface area contributed by atoms with Crippen LogP contribution in [-0.2, 0) is 11.2 Å². The van der Waals surface area contributed by atoms with Crippen molar-refractivity contribution in [1.29, 1.82) is 0 Å². The lowest BCUT2D eigenvalue weighted by molar-refractivity contribution is -0.115. The van der Waals surface area contributed by atoms with E-state index in [4.69, 9.17) is 31.2 Å². The Hall–Kier alpha value is -2.97. The zero-order chi connectivity index (χ0) is 22.2. The molecule has 31 heavy (non-hydrogen) atoms. The molecule has 0 aliphatic carbocycles. The maximum Gasteiger partial charge on any atom is 0.263 e. The van der Waals surface area contributed by atoms with Gasteiger partial charge in [0.25, 0.3) is 5.91 Å². The predicted octanol–water partition coefficient (Wildman–Crippen LogP) is 4.38. The Morgan fingerprint density at radius 3 is 2.35 bits per heavy atom. The van der Waals surface area contributed by atoms with Crippen molar-refractivity contribution in [1.82, 2.24) is 5.32 Å². The number of carbonyl (C=O) groups is 1. The highest BCUT2D eigenvalue weighted by Crippen LogP contribution is 2.40. The summed E-state index contributed by atoms with van der Waals surface area (Å²) >= 11 is 6.24. The van der Waals surface area contributed by atoms with Crippen LogP contribution in [0.3, 0.4) is 0 Å². The number of rotatable bonds is 10. The third-order valence-electron chi connectivity index (χ3n) is 4.35. The van der Waals surface area contributed by atoms with Gasteiger partial charge in [0.15, 0.2) is 11.5 Å². The van der Waals surface area contributed by atoms with E-state index in [9.17, 15) is 4.79 Å². The van der Waals surface area contributed by atoms with Gasteiger partial charge in [-0.3, -0.25) is 4.79 Å². The molecule has 0 radical (unpaired) electrons. The van der Waals surface area contributed by atoms with Gasteiger partial charge in [-0.1, -0.05) is 48.3 Å². The lowest BCUT2D eigenvalue weighted by Crippen LogP contribution is -2.17. The third kappa shape index (κ3) is 5.80. The van der Waals surface area contributed by atoms with Gasteiger partial charge >= 0.3 is 0 Å². The number of ether oxygens (including phenoxy) is 4. The minimum atomic E-state index is -0.220. The summed E-state index contributed by atoms with van der Waals surface area (Å²) in [6.45, 7) is 4.42. The molecule has 3 rings (SSSR count). The fraction of sp³-hybridized carbons (Fsp3) is 0.217. The van der Waals surface area contributed by atoms with E-state index in [1.54, 1.807) is 32.4 Å². The number of amides is 1. The fourth-order valence-electron chi connectivity index (χ4n) is 2.96. The van der Waals surface area contributed by atoms with Crippen molar-refractivity contribution in [2.24, 2.45) is 0 Å². The standard InChI is InChI=1S/C23H23NO5S2/c1-4-7-16-8-5-6-9-17(16)28-10-11-29-21-18(26-2)12-15(13-19(21)27-3)14-20-22(25)24-23(30)31-20/h4-6,8-9,12-14H,1,7,10-11H2,2-3H3,(H,24,25,30)/b20-14-. The van der Waals surface area contributed by atoms with Crippen LogP contribution in [-0.4, -0.2) is 37.7 Å². The van der Waals surface area contributed by atoms with Crippen molar-refractivity contribution < 1.29 is 23.7 Å². The number of allylic oxidation sites excluding steroid dienone is 1. The highest BCUT2D eigenvalue weighted by atomic mass is 32.2. The van der Waals surface area contributed by atoms with E-state index in [0.717, 1.165) is 23.3 Å². The Labute approximate surface area is 191 Å². The van der Waals surface area contributed by atoms with E-state index in [-0.39, 0.29) is 5.91 Å². The molecule has 2 aromatic rings. The van der Waals surface area contributed by atoms with Crippen molar-refractivity contribution >= 4 is 40.3 Å². The van der Waals surface area contributed by atoms with Crippen molar-refractivity contribution in [3.8, 4) is 23.0 Å². The smallest absolute Gasteiger partial charge is 0.263 e. The monoisotopic (exact) mass is 457 g/mol. The molecule has 1 heterocycles. The molecule has 0 aromatic heterocycles. The topological polar surface area (TPSA) is 66.0 Å². The normalized spacial score (nSPS) is 14.3. The molecule has 1 aliphatic heterocycles. The van der Waals surface area contributed by atoms with E-state index < -0.39 is 0 Å². The van der Waals surface area contributed by atoms with Crippen LogP contribution < -0.4 is 24.3 Å². The van der Waals surface area contributed by atoms with E-state index in [0.29, 0.717) is 39.7 Å². The van der Waals surface area contributed by atoms with Gasteiger partial charge in [0.2, 0.25) is 5.75 Å². The predicted molar refractivity (Wildman–Crippen MR) is 127 cm³/mol. The lowest BCUT2D eigenvalue weighted by atomic mass is 10.1. The number of nitrogens with one attached hydrogen (secondary N) is 1. The first-order valence-corrected chi connectivity index (χ1v) is 10.7. The van der Waals surface area contributed by atoms with Crippen molar-refractivity contribution in [2.75, 3.05) is 27.4 Å². The van der Waals surface area contributed by atoms with Crippen LogP contribution in [0.1, 0.15) is 11.1 Å². The molecule has 1 saturated heterocycles. The van der Waals surface area contributed by atoms with Gasteiger partial charge in [-0.25, -0.2) is 0 Å². The fourth-order valence-corrected chi connectivity index (χ4v) is 4.01. The summed E-state index contributed by atoms with van der Waals surface area (Å²) in [5, 5.41) is 2.60. The highest BCUT2D eigenvalue weighted by Gasteiger charge is 2.23. The van der Waals surface area contributed by atoms with E-state index in [1.807, 2.05) is 30.3 Å². The van der Waals surface area contributed by atoms with Gasteiger partial charge in [0.1, 0.15) is 23.3 Å². The van der Waals surface area contributed by atoms with Crippen LogP contribution in [0.15, 0.2) is 54.0 Å². The van der Waals surface area contributed by atoms with Gasteiger partial charge in [0, 0.05) is 0 Å². The van der Waals surface area contributed by atoms with E-state index in [2.05, 4.69) is 11.9 Å². The van der Waals surface area contributed by atoms with Gasteiger partial charge in [-0.15, -0.1) is 6.58 Å². The molecule has 1 aliphatic rings. The van der Waals surface area contributed by atoms with Gasteiger partial charge < -0.3 is 24.3 Å². The SMILES string of the molecule is C=CCc1ccccc1OCCOc1c(OC)cc(/C=C2\SC(=S)NC2=O)cc1OC. The Balaban J connectivity index is 1.71. The molecule has 8 heteroatoms. The summed E-state index contributed by atoms with van der Waals surface area (Å²) in [5.41, 5.74) is 1.80. The van der Waals surface area contributed by atoms with Crippen molar-refractivity contribution in [3.63, 3.8) is 0 Å². The van der Waals surface area contributed by atoms with Crippen LogP contribution in [0.2, 0.25) is 0 Å². The van der Waals surface area contributed by atoms with E-state index >= 15 is 0 Å². The molecule has 162 valence electrons. The van der Waals surface area contributed by atoms with Crippen LogP contribution in [0.25, 0.3) is 6.08 Å². The second kappa shape index (κ2) is 10.9. The zero-order valence-corrected chi connectivity index (χ0v) is 18.9. The molecule has 0 bridgehead atoms. The van der Waals surface area contributed by atoms with Crippen LogP contribution >= 0.6 is 24.0 Å². The summed E-state index contributed by atoms with van der Waals surface area (Å²) < 4.78 is 23.2. The maximum absolute atomic E-state index is 11.9. The lowest BCUT2D eigenvalue weighted by Gasteiger charge is -2.16. The number of carbonyl (C=O) groups excluding carboxylic acids is 1. The summed E-state index contributed by atoms with van der Waals surface area (Å²) in [5.74, 6) is 2.03. The molecule has 0 unspecified atom stereocenters. The van der Waals surface area contributed by atoms with Gasteiger partial charge in [-0.2, -0.15) is 0 Å². The van der Waals surface area contributed by atoms with E-state index in [1.165, 1.54) is 11.8 Å².